The molecule has 3 N–H and O–H groups in total. The fraction of sp³-hybridized carbons (Fsp3) is 0.440. The lowest BCUT2D eigenvalue weighted by molar-refractivity contribution is -0.124. The number of nitrogens with one attached hydrogen (secondary N) is 3. The van der Waals surface area contributed by atoms with Gasteiger partial charge in [-0.05, 0) is 99.5 Å². The summed E-state index contributed by atoms with van der Waals surface area (Å²) in [6, 6.07) is 6.74. The van der Waals surface area contributed by atoms with Gasteiger partial charge in [-0.3, -0.25) is 9.59 Å². The lowest BCUT2D eigenvalue weighted by Crippen LogP contribution is -2.29. The topological polar surface area (TPSA) is 114 Å². The molecule has 184 valence electrons. The van der Waals surface area contributed by atoms with E-state index in [0.717, 1.165) is 34.2 Å². The fourth-order valence-corrected chi connectivity index (χ4v) is 5.73. The van der Waals surface area contributed by atoms with Crippen LogP contribution in [0.3, 0.4) is 0 Å². The van der Waals surface area contributed by atoms with Crippen LogP contribution in [0.1, 0.15) is 47.1 Å². The van der Waals surface area contributed by atoms with Crippen LogP contribution in [-0.2, 0) is 24.3 Å². The molecular formula is C25H33N3O5S. The first kappa shape index (κ1) is 25.9. The molecule has 34 heavy (non-hydrogen) atoms. The second-order valence-corrected chi connectivity index (χ2v) is 10.4. The maximum absolute atomic E-state index is 13.0. The summed E-state index contributed by atoms with van der Waals surface area (Å²) in [5.41, 5.74) is 5.62. The summed E-state index contributed by atoms with van der Waals surface area (Å²) < 4.78 is 33.8. The highest BCUT2D eigenvalue weighted by Gasteiger charge is 2.24. The van der Waals surface area contributed by atoms with Crippen LogP contribution < -0.4 is 15.4 Å². The molecular weight excluding hydrogens is 454 g/mol. The number of carbonyl (C=O) groups is 2. The Balaban J connectivity index is 1.54. The summed E-state index contributed by atoms with van der Waals surface area (Å²) in [4.78, 5) is 24.7. The number of amides is 2. The SMILES string of the molecule is Cc1c(C)c(C)c(S(=O)(=O)NCCC(=O)Nc2ccc(NC(=O)C3CCCO3)cc2)c(C)c1C. The van der Waals surface area contributed by atoms with Crippen LogP contribution in [0.5, 0.6) is 0 Å². The first-order chi connectivity index (χ1) is 16.0. The van der Waals surface area contributed by atoms with Gasteiger partial charge in [0.15, 0.2) is 0 Å². The van der Waals surface area contributed by atoms with Crippen LogP contribution in [0.15, 0.2) is 29.2 Å². The van der Waals surface area contributed by atoms with Gasteiger partial charge in [0, 0.05) is 30.9 Å². The van der Waals surface area contributed by atoms with E-state index in [4.69, 9.17) is 4.74 Å². The fourth-order valence-electron chi connectivity index (χ4n) is 4.11. The molecule has 1 heterocycles. The Hall–Kier alpha value is -2.75. The number of anilines is 2. The van der Waals surface area contributed by atoms with E-state index in [1.54, 1.807) is 24.3 Å². The van der Waals surface area contributed by atoms with Crippen LogP contribution in [0.25, 0.3) is 0 Å². The molecule has 0 saturated carbocycles. The number of hydrogen-bond acceptors (Lipinski definition) is 5. The van der Waals surface area contributed by atoms with Crippen molar-refractivity contribution in [3.8, 4) is 0 Å². The van der Waals surface area contributed by atoms with E-state index in [-0.39, 0.29) is 29.7 Å². The molecule has 2 amide bonds. The Labute approximate surface area is 201 Å². The third-order valence-corrected chi connectivity index (χ3v) is 8.24. The number of carbonyl (C=O) groups excluding carboxylic acids is 2. The van der Waals surface area contributed by atoms with Gasteiger partial charge in [-0.2, -0.15) is 0 Å². The molecule has 9 heteroatoms. The molecule has 2 aromatic rings. The molecule has 0 aromatic heterocycles. The third-order valence-electron chi connectivity index (χ3n) is 6.50. The zero-order chi connectivity index (χ0) is 25.0. The van der Waals surface area contributed by atoms with Crippen molar-refractivity contribution in [2.45, 2.75) is 64.9 Å². The summed E-state index contributed by atoms with van der Waals surface area (Å²) in [7, 11) is -3.76. The van der Waals surface area contributed by atoms with Gasteiger partial charge >= 0.3 is 0 Å². The molecule has 0 spiro atoms. The number of benzene rings is 2. The zero-order valence-corrected chi connectivity index (χ0v) is 21.2. The summed E-state index contributed by atoms with van der Waals surface area (Å²) in [6.07, 6.45) is 1.16. The van der Waals surface area contributed by atoms with Crippen molar-refractivity contribution in [3.63, 3.8) is 0 Å². The largest absolute Gasteiger partial charge is 0.368 e. The van der Waals surface area contributed by atoms with E-state index in [1.165, 1.54) is 0 Å². The molecule has 1 saturated heterocycles. The Morgan fingerprint density at radius 2 is 1.41 bits per heavy atom. The van der Waals surface area contributed by atoms with E-state index in [9.17, 15) is 18.0 Å². The molecule has 1 fully saturated rings. The van der Waals surface area contributed by atoms with Crippen molar-refractivity contribution < 1.29 is 22.7 Å². The predicted molar refractivity (Wildman–Crippen MR) is 133 cm³/mol. The van der Waals surface area contributed by atoms with Gasteiger partial charge in [0.1, 0.15) is 6.10 Å². The van der Waals surface area contributed by atoms with E-state index in [2.05, 4.69) is 15.4 Å². The maximum atomic E-state index is 13.0. The highest BCUT2D eigenvalue weighted by Crippen LogP contribution is 2.29. The van der Waals surface area contributed by atoms with Crippen LogP contribution in [0.2, 0.25) is 0 Å². The molecule has 8 nitrogen and oxygen atoms in total. The molecule has 1 aliphatic heterocycles. The number of sulfonamides is 1. The minimum atomic E-state index is -3.76. The average molecular weight is 488 g/mol. The quantitative estimate of drug-likeness (QED) is 0.526. The van der Waals surface area contributed by atoms with Gasteiger partial charge in [0.25, 0.3) is 5.91 Å². The van der Waals surface area contributed by atoms with Crippen LogP contribution in [-0.4, -0.2) is 39.5 Å². The average Bonchev–Trinajstić information content (AvgIpc) is 3.33. The second-order valence-electron chi connectivity index (χ2n) is 8.72. The highest BCUT2D eigenvalue weighted by atomic mass is 32.2. The lowest BCUT2D eigenvalue weighted by atomic mass is 9.95. The molecule has 1 unspecified atom stereocenters. The minimum absolute atomic E-state index is 0.0152. The molecule has 2 aromatic carbocycles. The van der Waals surface area contributed by atoms with Crippen molar-refractivity contribution in [2.24, 2.45) is 0 Å². The predicted octanol–water partition coefficient (Wildman–Crippen LogP) is 3.65. The summed E-state index contributed by atoms with van der Waals surface area (Å²) in [5.74, 6) is -0.491. The van der Waals surface area contributed by atoms with Gasteiger partial charge in [-0.15, -0.1) is 0 Å². The van der Waals surface area contributed by atoms with Crippen LogP contribution in [0.4, 0.5) is 11.4 Å². The molecule has 0 bridgehead atoms. The van der Waals surface area contributed by atoms with E-state index < -0.39 is 16.1 Å². The van der Waals surface area contributed by atoms with Gasteiger partial charge < -0.3 is 15.4 Å². The van der Waals surface area contributed by atoms with Crippen LogP contribution >= 0.6 is 0 Å². The highest BCUT2D eigenvalue weighted by molar-refractivity contribution is 7.89. The first-order valence-corrected chi connectivity index (χ1v) is 12.9. The second kappa shape index (κ2) is 10.7. The molecule has 0 aliphatic carbocycles. The van der Waals surface area contributed by atoms with Crippen molar-refractivity contribution in [1.29, 1.82) is 0 Å². The normalized spacial score (nSPS) is 15.9. The molecule has 3 rings (SSSR count). The van der Waals surface area contributed by atoms with Gasteiger partial charge in [0.05, 0.1) is 4.90 Å². The van der Waals surface area contributed by atoms with Crippen molar-refractivity contribution in [1.82, 2.24) is 4.72 Å². The Kier molecular flexibility index (Phi) is 8.12. The Morgan fingerprint density at radius 1 is 0.882 bits per heavy atom. The summed E-state index contributed by atoms with van der Waals surface area (Å²) in [5, 5.41) is 5.54. The smallest absolute Gasteiger partial charge is 0.253 e. The standard InChI is InChI=1S/C25H33N3O5S/c1-15-16(2)18(4)24(19(5)17(15)3)34(31,32)26-13-12-23(29)27-20-8-10-21(11-9-20)28-25(30)22-7-6-14-33-22/h8-11,22,26H,6-7,12-14H2,1-5H3,(H,27,29)(H,28,30). The van der Waals surface area contributed by atoms with Gasteiger partial charge in [-0.1, -0.05) is 0 Å². The van der Waals surface area contributed by atoms with Crippen molar-refractivity contribution in [2.75, 3.05) is 23.8 Å². The zero-order valence-electron chi connectivity index (χ0n) is 20.4. The monoisotopic (exact) mass is 487 g/mol. The number of rotatable bonds is 8. The van der Waals surface area contributed by atoms with E-state index in [1.807, 2.05) is 34.6 Å². The van der Waals surface area contributed by atoms with E-state index in [0.29, 0.717) is 24.4 Å². The molecule has 1 atom stereocenters. The molecule has 1 aliphatic rings. The first-order valence-electron chi connectivity index (χ1n) is 11.4. The van der Waals surface area contributed by atoms with E-state index >= 15 is 0 Å². The van der Waals surface area contributed by atoms with Gasteiger partial charge in [0.2, 0.25) is 15.9 Å². The third kappa shape index (κ3) is 5.84. The van der Waals surface area contributed by atoms with Crippen molar-refractivity contribution in [3.05, 3.63) is 52.1 Å². The molecule has 0 radical (unpaired) electrons. The Morgan fingerprint density at radius 3 is 1.94 bits per heavy atom. The lowest BCUT2D eigenvalue weighted by Gasteiger charge is -2.19. The minimum Gasteiger partial charge on any atom is -0.368 e. The van der Waals surface area contributed by atoms with Crippen LogP contribution in [0, 0.1) is 34.6 Å². The van der Waals surface area contributed by atoms with Gasteiger partial charge in [-0.25, -0.2) is 13.1 Å². The van der Waals surface area contributed by atoms with Crippen molar-refractivity contribution >= 4 is 33.2 Å². The number of hydrogen-bond donors (Lipinski definition) is 3. The maximum Gasteiger partial charge on any atom is 0.253 e. The Bertz CT molecular complexity index is 1160. The summed E-state index contributed by atoms with van der Waals surface area (Å²) in [6.45, 7) is 10.0. The number of ether oxygens (including phenoxy) is 1. The summed E-state index contributed by atoms with van der Waals surface area (Å²) >= 11 is 0.